The minimum atomic E-state index is -4.55. The van der Waals surface area contributed by atoms with Crippen molar-refractivity contribution in [1.29, 1.82) is 0 Å². The summed E-state index contributed by atoms with van der Waals surface area (Å²) in [5, 5.41) is 47.2. The van der Waals surface area contributed by atoms with Crippen molar-refractivity contribution in [2.45, 2.75) is 129 Å². The van der Waals surface area contributed by atoms with Crippen LogP contribution in [0, 0.1) is 0 Å². The molecular weight excluding hydrogens is 838 g/mol. The summed E-state index contributed by atoms with van der Waals surface area (Å²) < 4.78 is 94.7. The molecule has 0 saturated heterocycles. The van der Waals surface area contributed by atoms with Gasteiger partial charge in [0.15, 0.2) is 23.1 Å². The first-order valence-electron chi connectivity index (χ1n) is 20.7. The molecule has 338 valence electrons. The SMILES string of the molecule is CCCCC(=O)c1cc2c(O)c(c1)Cc1cc(C(=O)CCC(C)(F)F)cc(c1O)Cc1cc(C(=O)CCCC(F)(F)F)cc(c1O)Cc1cc(C(=O)CCC(C)(F)F)cc(c1O)C2. The molecule has 0 saturated carbocycles. The highest BCUT2D eigenvalue weighted by atomic mass is 19.4. The Morgan fingerprint density at radius 3 is 0.889 bits per heavy atom. The van der Waals surface area contributed by atoms with E-state index in [0.29, 0.717) is 26.7 Å². The van der Waals surface area contributed by atoms with Gasteiger partial charge in [0, 0.05) is 92.9 Å². The van der Waals surface area contributed by atoms with Gasteiger partial charge in [0.1, 0.15) is 23.0 Å². The van der Waals surface area contributed by atoms with Crippen LogP contribution in [-0.2, 0) is 25.7 Å². The van der Waals surface area contributed by atoms with Crippen molar-refractivity contribution < 1.29 is 70.3 Å². The van der Waals surface area contributed by atoms with E-state index in [1.807, 2.05) is 6.92 Å². The van der Waals surface area contributed by atoms with Gasteiger partial charge in [-0.05, 0) is 120 Å². The van der Waals surface area contributed by atoms with Gasteiger partial charge in [0.25, 0.3) is 0 Å². The fraction of sp³-hybridized carbons (Fsp3) is 0.417. The molecule has 0 atom stereocenters. The van der Waals surface area contributed by atoms with Gasteiger partial charge in [0.2, 0.25) is 11.8 Å². The Morgan fingerprint density at radius 2 is 0.667 bits per heavy atom. The Kier molecular flexibility index (Phi) is 14.8. The number of carbonyl (C=O) groups excluding carboxylic acids is 4. The van der Waals surface area contributed by atoms with E-state index >= 15 is 0 Å². The Morgan fingerprint density at radius 1 is 0.429 bits per heavy atom. The van der Waals surface area contributed by atoms with Crippen molar-refractivity contribution in [1.82, 2.24) is 0 Å². The number of alkyl halides is 7. The highest BCUT2D eigenvalue weighted by Gasteiger charge is 2.29. The second-order valence-corrected chi connectivity index (χ2v) is 16.7. The summed E-state index contributed by atoms with van der Waals surface area (Å²) in [6.07, 6.45) is -10.0. The molecule has 4 aromatic rings. The zero-order chi connectivity index (χ0) is 46.6. The number of unbranched alkanes of at least 4 members (excludes halogenated alkanes) is 1. The molecule has 4 aromatic carbocycles. The molecule has 0 amide bonds. The van der Waals surface area contributed by atoms with Crippen molar-refractivity contribution in [3.8, 4) is 23.0 Å². The zero-order valence-corrected chi connectivity index (χ0v) is 35.1. The third kappa shape index (κ3) is 12.9. The fourth-order valence-corrected chi connectivity index (χ4v) is 7.61. The predicted molar refractivity (Wildman–Crippen MR) is 220 cm³/mol. The second kappa shape index (κ2) is 19.3. The summed E-state index contributed by atoms with van der Waals surface area (Å²) in [5.74, 6) is -10.7. The predicted octanol–water partition coefficient (Wildman–Crippen LogP) is 11.7. The molecule has 0 heterocycles. The van der Waals surface area contributed by atoms with Crippen molar-refractivity contribution in [2.24, 2.45) is 0 Å². The van der Waals surface area contributed by atoms with Crippen LogP contribution >= 0.6 is 0 Å². The number of ketones is 4. The topological polar surface area (TPSA) is 149 Å². The molecule has 0 spiro atoms. The largest absolute Gasteiger partial charge is 0.507 e. The average molecular weight is 887 g/mol. The van der Waals surface area contributed by atoms with E-state index < -0.39 is 116 Å². The van der Waals surface area contributed by atoms with Crippen LogP contribution in [0.15, 0.2) is 48.5 Å². The maximum absolute atomic E-state index is 13.9. The van der Waals surface area contributed by atoms with E-state index in [4.69, 9.17) is 0 Å². The van der Waals surface area contributed by atoms with Crippen LogP contribution in [0.1, 0.15) is 171 Å². The number of hydrogen-bond acceptors (Lipinski definition) is 8. The summed E-state index contributed by atoms with van der Waals surface area (Å²) in [5.41, 5.74) is -0.354. The van der Waals surface area contributed by atoms with Gasteiger partial charge in [-0.1, -0.05) is 13.3 Å². The number of phenols is 4. The van der Waals surface area contributed by atoms with Crippen LogP contribution in [0.25, 0.3) is 0 Å². The van der Waals surface area contributed by atoms with Crippen LogP contribution in [-0.4, -0.2) is 61.6 Å². The van der Waals surface area contributed by atoms with Crippen LogP contribution in [0.4, 0.5) is 30.7 Å². The maximum Gasteiger partial charge on any atom is 0.389 e. The van der Waals surface area contributed by atoms with E-state index in [0.717, 1.165) is 0 Å². The molecule has 15 heteroatoms. The fourth-order valence-electron chi connectivity index (χ4n) is 7.61. The summed E-state index contributed by atoms with van der Waals surface area (Å²) in [4.78, 5) is 53.9. The molecule has 1 aliphatic rings. The van der Waals surface area contributed by atoms with Gasteiger partial charge in [-0.2, -0.15) is 13.2 Å². The molecule has 0 aromatic heterocycles. The first-order valence-corrected chi connectivity index (χ1v) is 20.7. The summed E-state index contributed by atoms with van der Waals surface area (Å²) in [6, 6.07) is 10.1. The van der Waals surface area contributed by atoms with E-state index in [9.17, 15) is 70.3 Å². The molecule has 0 radical (unpaired) electrons. The number of hydrogen-bond donors (Lipinski definition) is 4. The molecular formula is C48H49F7O8. The molecule has 1 aliphatic carbocycles. The minimum absolute atomic E-state index is 0.00448. The Bertz CT molecular complexity index is 2270. The van der Waals surface area contributed by atoms with Crippen LogP contribution in [0.5, 0.6) is 23.0 Å². The molecule has 4 N–H and O–H groups in total. The number of Topliss-reactive ketones (excluding diaryl/α,β-unsaturated/α-hetero) is 4. The van der Waals surface area contributed by atoms with Crippen molar-refractivity contribution >= 4 is 23.1 Å². The number of phenolic OH excluding ortho intramolecular Hbond substituents is 4. The third-order valence-corrected chi connectivity index (χ3v) is 11.1. The number of halogens is 7. The van der Waals surface area contributed by atoms with Gasteiger partial charge >= 0.3 is 6.18 Å². The van der Waals surface area contributed by atoms with Crippen LogP contribution < -0.4 is 0 Å². The number of aromatic hydroxyl groups is 4. The first kappa shape index (κ1) is 48.3. The van der Waals surface area contributed by atoms with E-state index in [-0.39, 0.29) is 91.8 Å². The number of fused-ring (bicyclic) bond motifs is 8. The number of carbonyl (C=O) groups is 4. The van der Waals surface area contributed by atoms with Crippen molar-refractivity contribution in [3.05, 3.63) is 115 Å². The summed E-state index contributed by atoms with van der Waals surface area (Å²) in [6.45, 7) is 3.19. The smallest absolute Gasteiger partial charge is 0.389 e. The molecule has 0 unspecified atom stereocenters. The zero-order valence-electron chi connectivity index (χ0n) is 35.1. The van der Waals surface area contributed by atoms with Crippen molar-refractivity contribution in [3.63, 3.8) is 0 Å². The van der Waals surface area contributed by atoms with E-state index in [1.54, 1.807) is 0 Å². The lowest BCUT2D eigenvalue weighted by atomic mass is 9.86. The Labute approximate surface area is 359 Å². The standard InChI is InChI=1S/C48H49F7O8/c1-4-5-7-38(56)26-14-30-22-34-18-28(40(58)9-12-46(2,49)50)20-36(44(34)62)24-32-16-27(39(57)8-6-11-48(53,54)55)17-33(43(32)61)25-37-21-29(41(59)10-13-47(3,51)52)19-35(45(37)63)23-31(15-26)42(30)60/h14-21,60-63H,4-13,22-25H2,1-3H3. The number of benzene rings is 4. The lowest BCUT2D eigenvalue weighted by Gasteiger charge is -2.20. The lowest BCUT2D eigenvalue weighted by Crippen LogP contribution is -2.13. The van der Waals surface area contributed by atoms with Gasteiger partial charge in [0.05, 0.1) is 0 Å². The highest BCUT2D eigenvalue weighted by Crippen LogP contribution is 2.40. The molecule has 8 bridgehead atoms. The normalized spacial score (nSPS) is 13.2. The number of rotatable bonds is 16. The van der Waals surface area contributed by atoms with Crippen LogP contribution in [0.2, 0.25) is 0 Å². The average Bonchev–Trinajstić information content (AvgIpc) is 3.18. The maximum atomic E-state index is 13.9. The molecule has 0 fully saturated rings. The molecule has 8 nitrogen and oxygen atoms in total. The van der Waals surface area contributed by atoms with Gasteiger partial charge in [-0.15, -0.1) is 0 Å². The Hall–Kier alpha value is -5.73. The lowest BCUT2D eigenvalue weighted by molar-refractivity contribution is -0.135. The van der Waals surface area contributed by atoms with Crippen molar-refractivity contribution in [2.75, 3.05) is 0 Å². The van der Waals surface area contributed by atoms with Gasteiger partial charge < -0.3 is 20.4 Å². The molecule has 5 rings (SSSR count). The van der Waals surface area contributed by atoms with Crippen LogP contribution in [0.3, 0.4) is 0 Å². The Balaban J connectivity index is 1.79. The second-order valence-electron chi connectivity index (χ2n) is 16.7. The minimum Gasteiger partial charge on any atom is -0.507 e. The molecule has 0 aliphatic heterocycles. The quantitative estimate of drug-likeness (QED) is 0.0565. The first-order chi connectivity index (χ1) is 29.3. The third-order valence-electron chi connectivity index (χ3n) is 11.1. The van der Waals surface area contributed by atoms with Gasteiger partial charge in [-0.3, -0.25) is 19.2 Å². The monoisotopic (exact) mass is 886 g/mol. The van der Waals surface area contributed by atoms with E-state index in [2.05, 4.69) is 0 Å². The van der Waals surface area contributed by atoms with Gasteiger partial charge in [-0.25, -0.2) is 17.6 Å². The molecule has 63 heavy (non-hydrogen) atoms. The summed E-state index contributed by atoms with van der Waals surface area (Å²) in [7, 11) is 0. The summed E-state index contributed by atoms with van der Waals surface area (Å²) >= 11 is 0. The van der Waals surface area contributed by atoms with E-state index in [1.165, 1.54) is 48.5 Å². The highest BCUT2D eigenvalue weighted by molar-refractivity contribution is 5.99.